The number of carbonyl (C=O) groups excluding carboxylic acids is 1. The van der Waals surface area contributed by atoms with Gasteiger partial charge in [0.2, 0.25) is 0 Å². The van der Waals surface area contributed by atoms with Crippen LogP contribution in [0.1, 0.15) is 24.8 Å². The largest absolute Gasteiger partial charge is 0.452 e. The monoisotopic (exact) mass is 204 g/mol. The minimum atomic E-state index is -0.661. The van der Waals surface area contributed by atoms with Crippen LogP contribution in [0.3, 0.4) is 0 Å². The van der Waals surface area contributed by atoms with Gasteiger partial charge in [-0.05, 0) is 18.1 Å². The van der Waals surface area contributed by atoms with Gasteiger partial charge < -0.3 is 9.47 Å². The summed E-state index contributed by atoms with van der Waals surface area (Å²) in [4.78, 5) is 11.1. The lowest BCUT2D eigenvalue weighted by atomic mass is 9.98. The number of hydrogen-bond acceptors (Lipinski definition) is 3. The Hall–Kier alpha value is -1.51. The summed E-state index contributed by atoms with van der Waals surface area (Å²) < 4.78 is 11.1. The topological polar surface area (TPSA) is 35.5 Å². The molecule has 3 rings (SSSR count). The standard InChI is InChI=1S/C12H12O3/c13-11-6-8-12(15-11)7-5-9-3-1-2-4-10(9)14-12/h1-4H,5-8H2/t12-/m1/s1. The molecular formula is C12H12O3. The van der Waals surface area contributed by atoms with Crippen LogP contribution in [0.4, 0.5) is 0 Å². The van der Waals surface area contributed by atoms with E-state index < -0.39 is 5.79 Å². The van der Waals surface area contributed by atoms with Gasteiger partial charge in [0.1, 0.15) is 5.75 Å². The van der Waals surface area contributed by atoms with Gasteiger partial charge in [0.05, 0.1) is 6.42 Å². The van der Waals surface area contributed by atoms with E-state index in [-0.39, 0.29) is 5.97 Å². The van der Waals surface area contributed by atoms with Crippen molar-refractivity contribution in [2.45, 2.75) is 31.5 Å². The molecule has 0 N–H and O–H groups in total. The Bertz CT molecular complexity index is 413. The van der Waals surface area contributed by atoms with Crippen LogP contribution in [0.5, 0.6) is 5.75 Å². The molecule has 2 heterocycles. The van der Waals surface area contributed by atoms with Crippen LogP contribution < -0.4 is 4.74 Å². The fourth-order valence-electron chi connectivity index (χ4n) is 2.24. The summed E-state index contributed by atoms with van der Waals surface area (Å²) in [5, 5.41) is 0. The number of carbonyl (C=O) groups is 1. The molecule has 1 spiro atoms. The summed E-state index contributed by atoms with van der Waals surface area (Å²) in [6.07, 6.45) is 2.85. The van der Waals surface area contributed by atoms with Crippen molar-refractivity contribution in [3.63, 3.8) is 0 Å². The minimum Gasteiger partial charge on any atom is -0.452 e. The number of hydrogen-bond donors (Lipinski definition) is 0. The van der Waals surface area contributed by atoms with E-state index in [1.807, 2.05) is 18.2 Å². The summed E-state index contributed by atoms with van der Waals surface area (Å²) in [6.45, 7) is 0. The molecule has 3 nitrogen and oxygen atoms in total. The lowest BCUT2D eigenvalue weighted by molar-refractivity contribution is -0.183. The molecule has 3 heteroatoms. The quantitative estimate of drug-likeness (QED) is 0.607. The van der Waals surface area contributed by atoms with E-state index in [1.54, 1.807) is 0 Å². The maximum Gasteiger partial charge on any atom is 0.309 e. The molecule has 0 saturated carbocycles. The van der Waals surface area contributed by atoms with E-state index in [0.717, 1.165) is 18.6 Å². The van der Waals surface area contributed by atoms with Crippen molar-refractivity contribution in [2.75, 3.05) is 0 Å². The fourth-order valence-corrected chi connectivity index (χ4v) is 2.24. The van der Waals surface area contributed by atoms with Gasteiger partial charge in [0.15, 0.2) is 0 Å². The van der Waals surface area contributed by atoms with Gasteiger partial charge in [-0.15, -0.1) is 0 Å². The Morgan fingerprint density at radius 3 is 2.67 bits per heavy atom. The van der Waals surface area contributed by atoms with Crippen molar-refractivity contribution >= 4 is 5.97 Å². The second-order valence-corrected chi connectivity index (χ2v) is 4.09. The molecule has 1 saturated heterocycles. The zero-order valence-corrected chi connectivity index (χ0v) is 8.36. The molecule has 2 aliphatic heterocycles. The summed E-state index contributed by atoms with van der Waals surface area (Å²) in [5.74, 6) is 0.0543. The SMILES string of the molecule is O=C1CC[C@@]2(CCc3ccccc3O2)O1. The van der Waals surface area contributed by atoms with Crippen LogP contribution in [0.2, 0.25) is 0 Å². The maximum atomic E-state index is 11.1. The molecule has 2 aliphatic rings. The zero-order chi connectivity index (χ0) is 10.3. The number of para-hydroxylation sites is 1. The van der Waals surface area contributed by atoms with Crippen molar-refractivity contribution in [3.05, 3.63) is 29.8 Å². The van der Waals surface area contributed by atoms with E-state index in [9.17, 15) is 4.79 Å². The molecule has 1 aromatic rings. The molecule has 0 aliphatic carbocycles. The third-order valence-corrected chi connectivity index (χ3v) is 3.05. The Morgan fingerprint density at radius 2 is 1.87 bits per heavy atom. The first-order valence-corrected chi connectivity index (χ1v) is 5.26. The van der Waals surface area contributed by atoms with Crippen molar-refractivity contribution in [2.24, 2.45) is 0 Å². The summed E-state index contributed by atoms with van der Waals surface area (Å²) in [6, 6.07) is 7.93. The highest BCUT2D eigenvalue weighted by Gasteiger charge is 2.44. The van der Waals surface area contributed by atoms with E-state index >= 15 is 0 Å². The summed E-state index contributed by atoms with van der Waals surface area (Å²) in [7, 11) is 0. The van der Waals surface area contributed by atoms with Crippen molar-refractivity contribution < 1.29 is 14.3 Å². The number of aryl methyl sites for hydroxylation is 1. The second kappa shape index (κ2) is 2.99. The Balaban J connectivity index is 1.92. The van der Waals surface area contributed by atoms with Gasteiger partial charge in [-0.3, -0.25) is 4.79 Å². The molecule has 1 aromatic carbocycles. The number of esters is 1. The molecule has 15 heavy (non-hydrogen) atoms. The van der Waals surface area contributed by atoms with Crippen LogP contribution in [0.25, 0.3) is 0 Å². The van der Waals surface area contributed by atoms with Gasteiger partial charge in [0.25, 0.3) is 5.79 Å². The van der Waals surface area contributed by atoms with E-state index in [4.69, 9.17) is 9.47 Å². The van der Waals surface area contributed by atoms with Gasteiger partial charge >= 0.3 is 5.97 Å². The van der Waals surface area contributed by atoms with Crippen LogP contribution >= 0.6 is 0 Å². The smallest absolute Gasteiger partial charge is 0.309 e. The molecule has 1 atom stereocenters. The average Bonchev–Trinajstić information content (AvgIpc) is 2.60. The van der Waals surface area contributed by atoms with Gasteiger partial charge in [-0.1, -0.05) is 18.2 Å². The highest BCUT2D eigenvalue weighted by atomic mass is 16.7. The van der Waals surface area contributed by atoms with E-state index in [0.29, 0.717) is 12.8 Å². The number of rotatable bonds is 0. The summed E-state index contributed by atoms with van der Waals surface area (Å²) in [5.41, 5.74) is 1.20. The Kier molecular flexibility index (Phi) is 1.75. The Morgan fingerprint density at radius 1 is 1.07 bits per heavy atom. The van der Waals surface area contributed by atoms with Crippen LogP contribution in [0.15, 0.2) is 24.3 Å². The van der Waals surface area contributed by atoms with Gasteiger partial charge in [-0.25, -0.2) is 0 Å². The number of ether oxygens (including phenoxy) is 2. The number of fused-ring (bicyclic) bond motifs is 1. The molecular weight excluding hydrogens is 192 g/mol. The third-order valence-electron chi connectivity index (χ3n) is 3.05. The zero-order valence-electron chi connectivity index (χ0n) is 8.36. The van der Waals surface area contributed by atoms with Crippen molar-refractivity contribution in [1.82, 2.24) is 0 Å². The normalized spacial score (nSPS) is 28.4. The van der Waals surface area contributed by atoms with E-state index in [1.165, 1.54) is 5.56 Å². The molecule has 0 amide bonds. The lowest BCUT2D eigenvalue weighted by Crippen LogP contribution is -2.39. The average molecular weight is 204 g/mol. The molecule has 1 fully saturated rings. The highest BCUT2D eigenvalue weighted by Crippen LogP contribution is 2.39. The van der Waals surface area contributed by atoms with Gasteiger partial charge in [-0.2, -0.15) is 0 Å². The predicted octanol–water partition coefficient (Wildman–Crippen LogP) is 2.04. The molecule has 0 unspecified atom stereocenters. The van der Waals surface area contributed by atoms with Crippen LogP contribution in [0, 0.1) is 0 Å². The molecule has 78 valence electrons. The first-order chi connectivity index (χ1) is 7.27. The lowest BCUT2D eigenvalue weighted by Gasteiger charge is -2.33. The highest BCUT2D eigenvalue weighted by molar-refractivity contribution is 5.72. The molecule has 0 aromatic heterocycles. The minimum absolute atomic E-state index is 0.144. The van der Waals surface area contributed by atoms with Crippen molar-refractivity contribution in [1.29, 1.82) is 0 Å². The van der Waals surface area contributed by atoms with Gasteiger partial charge in [0, 0.05) is 12.8 Å². The second-order valence-electron chi connectivity index (χ2n) is 4.09. The van der Waals surface area contributed by atoms with Crippen molar-refractivity contribution in [3.8, 4) is 5.75 Å². The first kappa shape index (κ1) is 8.77. The van der Waals surface area contributed by atoms with Crippen LogP contribution in [-0.2, 0) is 16.0 Å². The van der Waals surface area contributed by atoms with E-state index in [2.05, 4.69) is 6.07 Å². The predicted molar refractivity (Wildman–Crippen MR) is 53.4 cm³/mol. The third kappa shape index (κ3) is 1.39. The number of benzene rings is 1. The molecule has 0 bridgehead atoms. The first-order valence-electron chi connectivity index (χ1n) is 5.26. The maximum absolute atomic E-state index is 11.1. The van der Waals surface area contributed by atoms with Crippen LogP contribution in [-0.4, -0.2) is 11.8 Å². The Labute approximate surface area is 88.0 Å². The fraction of sp³-hybridized carbons (Fsp3) is 0.417. The summed E-state index contributed by atoms with van der Waals surface area (Å²) >= 11 is 0. The molecule has 0 radical (unpaired) electrons.